The fraction of sp³-hybridized carbons (Fsp3) is 0.508. The first-order valence-corrected chi connectivity index (χ1v) is 29.0. The molecule has 4 bridgehead atoms. The summed E-state index contributed by atoms with van der Waals surface area (Å²) in [5.74, 6) is -4.27. The van der Waals surface area contributed by atoms with Gasteiger partial charge in [0.25, 0.3) is 0 Å². The number of aliphatic hydroxyl groups excluding tert-OH is 4. The third-order valence-electron chi connectivity index (χ3n) is 18.9. The highest BCUT2D eigenvalue weighted by atomic mass is 16.7. The van der Waals surface area contributed by atoms with Crippen LogP contribution in [-0.4, -0.2) is 136 Å². The molecule has 3 saturated heterocycles. The number of esters is 1. The number of phenolic OH excluding ortho intramolecular Hbond substituents is 1. The zero-order valence-corrected chi connectivity index (χ0v) is 49.2. The molecule has 1 amide bonds. The first-order valence-electron chi connectivity index (χ1n) is 29.0. The van der Waals surface area contributed by atoms with E-state index in [-0.39, 0.29) is 83.9 Å². The minimum atomic E-state index is -1.89. The molecule has 3 aromatic rings. The van der Waals surface area contributed by atoms with Crippen LogP contribution in [-0.2, 0) is 35.0 Å². The van der Waals surface area contributed by atoms with Crippen molar-refractivity contribution in [2.24, 2.45) is 23.7 Å². The molecule has 6 aliphatic heterocycles. The Kier molecular flexibility index (Phi) is 14.4. The Labute approximate surface area is 491 Å². The second-order valence-electron chi connectivity index (χ2n) is 25.1. The summed E-state index contributed by atoms with van der Waals surface area (Å²) in [4.78, 5) is 60.8. The number of carbonyl (C=O) groups excluding carboxylic acids is 4. The highest BCUT2D eigenvalue weighted by Gasteiger charge is 2.81. The van der Waals surface area contributed by atoms with Crippen LogP contribution in [0.1, 0.15) is 131 Å². The Morgan fingerprint density at radius 3 is 2.21 bits per heavy atom. The van der Waals surface area contributed by atoms with Gasteiger partial charge in [0, 0.05) is 46.8 Å². The molecule has 6 heterocycles. The SMILES string of the molecule is COc1cc(C2c3cc4c(cc3C(NC(=O)/C(C)=C\CC35OC(C)(C)C6CC(C=C7C(=O)c8c(O[C@@H]9O[C@H](CO)[C@@H](O)[C@H](O)[C@H]9O)c9c(c(CC=C(C)C)c8OC763)OC(C)(CCC=C(C)C)C=C9)C5=O)C3COC(=O)C23)OCO4)cc(OC)c1O. The summed E-state index contributed by atoms with van der Waals surface area (Å²) in [6.45, 7) is 14.4. The molecule has 6 N–H and O–H groups in total. The molecule has 13 rings (SSSR count). The molecule has 0 aromatic heterocycles. The summed E-state index contributed by atoms with van der Waals surface area (Å²) in [6, 6.07) is 6.07. The van der Waals surface area contributed by atoms with Crippen molar-refractivity contribution < 1.29 is 92.1 Å². The van der Waals surface area contributed by atoms with Crippen LogP contribution in [0.3, 0.4) is 0 Å². The zero-order valence-electron chi connectivity index (χ0n) is 49.2. The number of phenols is 1. The number of aliphatic hydroxyl groups is 4. The van der Waals surface area contributed by atoms with Crippen molar-refractivity contribution in [2.45, 2.75) is 153 Å². The molecular weight excluding hydrogens is 1100 g/mol. The van der Waals surface area contributed by atoms with Gasteiger partial charge < -0.3 is 78.2 Å². The van der Waals surface area contributed by atoms with E-state index in [2.05, 4.69) is 11.4 Å². The molecule has 0 radical (unpaired) electrons. The normalized spacial score (nSPS) is 33.0. The van der Waals surface area contributed by atoms with E-state index in [0.29, 0.717) is 57.9 Å². The van der Waals surface area contributed by atoms with E-state index in [9.17, 15) is 30.3 Å². The third-order valence-corrected chi connectivity index (χ3v) is 18.9. The van der Waals surface area contributed by atoms with Gasteiger partial charge in [0.2, 0.25) is 24.7 Å². The lowest BCUT2D eigenvalue weighted by Crippen LogP contribution is -2.72. The summed E-state index contributed by atoms with van der Waals surface area (Å²) >= 11 is 0. The highest BCUT2D eigenvalue weighted by Crippen LogP contribution is 2.69. The van der Waals surface area contributed by atoms with E-state index in [0.717, 1.165) is 11.1 Å². The zero-order chi connectivity index (χ0) is 60.6. The van der Waals surface area contributed by atoms with Gasteiger partial charge in [-0.1, -0.05) is 35.5 Å². The van der Waals surface area contributed by atoms with Gasteiger partial charge in [-0.05, 0) is 134 Å². The summed E-state index contributed by atoms with van der Waals surface area (Å²) in [5, 5.41) is 57.6. The van der Waals surface area contributed by atoms with Crippen LogP contribution < -0.4 is 38.5 Å². The number of carbonyl (C=O) groups is 4. The van der Waals surface area contributed by atoms with Gasteiger partial charge in [-0.15, -0.1) is 0 Å². The number of allylic oxidation sites excluding steroid dienone is 5. The van der Waals surface area contributed by atoms with E-state index in [1.165, 1.54) is 14.2 Å². The topological polar surface area (TPSA) is 274 Å². The van der Waals surface area contributed by atoms with Gasteiger partial charge in [-0.3, -0.25) is 19.2 Å². The minimum absolute atomic E-state index is 0.0354. The molecule has 1 spiro atoms. The van der Waals surface area contributed by atoms with E-state index in [1.54, 1.807) is 49.4 Å². The van der Waals surface area contributed by atoms with E-state index in [1.807, 2.05) is 60.6 Å². The van der Waals surface area contributed by atoms with Crippen molar-refractivity contribution in [2.75, 3.05) is 34.2 Å². The molecule has 3 aromatic carbocycles. The average molecular weight is 1170 g/mol. The largest absolute Gasteiger partial charge is 0.502 e. The van der Waals surface area contributed by atoms with Gasteiger partial charge in [-0.25, -0.2) is 0 Å². The number of aromatic hydroxyl groups is 1. The second-order valence-corrected chi connectivity index (χ2v) is 25.1. The number of nitrogens with one attached hydrogen (secondary N) is 1. The van der Waals surface area contributed by atoms with Crippen LogP contribution in [0.25, 0.3) is 6.08 Å². The van der Waals surface area contributed by atoms with Crippen LogP contribution in [0.5, 0.6) is 46.0 Å². The number of ketones is 2. The van der Waals surface area contributed by atoms with E-state index in [4.69, 9.17) is 47.4 Å². The van der Waals surface area contributed by atoms with Crippen molar-refractivity contribution in [3.8, 4) is 46.0 Å². The van der Waals surface area contributed by atoms with Crippen molar-refractivity contribution in [3.63, 3.8) is 0 Å². The van der Waals surface area contributed by atoms with Gasteiger partial charge in [-0.2, -0.15) is 0 Å². The number of rotatable bonds is 15. The van der Waals surface area contributed by atoms with Crippen molar-refractivity contribution >= 4 is 29.5 Å². The van der Waals surface area contributed by atoms with E-state index >= 15 is 14.4 Å². The predicted molar refractivity (Wildman–Crippen MR) is 304 cm³/mol. The number of hydrogen-bond acceptors (Lipinski definition) is 19. The van der Waals surface area contributed by atoms with Gasteiger partial charge in [0.15, 0.2) is 45.8 Å². The first-order chi connectivity index (χ1) is 40.4. The monoisotopic (exact) mass is 1170 g/mol. The third kappa shape index (κ3) is 8.98. The molecular formula is C65H73NO19. The summed E-state index contributed by atoms with van der Waals surface area (Å²) in [7, 11) is 2.83. The Morgan fingerprint density at radius 2 is 1.54 bits per heavy atom. The number of hydrogen-bond donors (Lipinski definition) is 6. The Hall–Kier alpha value is -7.20. The van der Waals surface area contributed by atoms with Crippen molar-refractivity contribution in [1.29, 1.82) is 0 Å². The maximum atomic E-state index is 16.2. The molecule has 4 fully saturated rings. The van der Waals surface area contributed by atoms with Crippen LogP contribution >= 0.6 is 0 Å². The van der Waals surface area contributed by atoms with Gasteiger partial charge in [0.1, 0.15) is 52.8 Å². The number of fused-ring (bicyclic) bond motifs is 5. The molecule has 452 valence electrons. The number of amides is 1. The summed E-state index contributed by atoms with van der Waals surface area (Å²) < 4.78 is 63.0. The summed E-state index contributed by atoms with van der Waals surface area (Å²) in [5.41, 5.74) is -0.668. The lowest BCUT2D eigenvalue weighted by atomic mass is 9.51. The fourth-order valence-electron chi connectivity index (χ4n) is 14.7. The van der Waals surface area contributed by atoms with Gasteiger partial charge >= 0.3 is 5.97 Å². The molecule has 85 heavy (non-hydrogen) atoms. The maximum absolute atomic E-state index is 16.2. The first kappa shape index (κ1) is 58.2. The van der Waals surface area contributed by atoms with Gasteiger partial charge in [0.05, 0.1) is 50.6 Å². The smallest absolute Gasteiger partial charge is 0.310 e. The van der Waals surface area contributed by atoms with Crippen molar-refractivity contribution in [3.05, 3.63) is 110 Å². The molecule has 20 nitrogen and oxygen atoms in total. The standard InChI is InChI=1S/C65H73NO19/c1-29(2)12-11-17-63(8)18-16-35-55(83-63)34(14-13-30(3)4)57-48(56(35)82-61-54(72)53(71)52(70)44(26-67)81-61)50(68)39-20-33-23-45-62(6,7)85-64(58(33)73,65(39,45)84-57)19-15-31(5)59(74)66-49-37-25-41-40(79-28-80-41)24-36(37)46(47-38(49)27-78-60(47)75)32-21-42(76-9)51(69)43(22-32)77-10/h12-13,15-16,18,20-22,24-25,33,38,44-47,49,52-54,61,67,69-72H,11,14,17,19,23,26-28H2,1-10H3,(H,66,74)/b31-15-/t33?,38?,44-,45?,46?,47?,49?,52-,53+,54-,61+,63?,64?,65?/m1/s1. The van der Waals surface area contributed by atoms with Crippen LogP contribution in [0.15, 0.2) is 76.9 Å². The molecule has 10 aliphatic rings. The fourth-order valence-corrected chi connectivity index (χ4v) is 14.7. The Morgan fingerprint density at radius 1 is 0.847 bits per heavy atom. The maximum Gasteiger partial charge on any atom is 0.310 e. The number of cyclic esters (lactones) is 1. The quantitative estimate of drug-likeness (QED) is 0.0514. The molecule has 1 saturated carbocycles. The number of ether oxygens (including phenoxy) is 10. The second kappa shape index (κ2) is 21.0. The van der Waals surface area contributed by atoms with Crippen LogP contribution in [0.4, 0.5) is 0 Å². The Balaban J connectivity index is 0.957. The molecule has 20 heteroatoms. The lowest BCUT2D eigenvalue weighted by Gasteiger charge is -2.56. The minimum Gasteiger partial charge on any atom is -0.502 e. The van der Waals surface area contributed by atoms with Crippen LogP contribution in [0.2, 0.25) is 0 Å². The van der Waals surface area contributed by atoms with Crippen LogP contribution in [0, 0.1) is 23.7 Å². The number of benzene rings is 3. The number of methoxy groups -OCH3 is 2. The molecule has 14 atom stereocenters. The van der Waals surface area contributed by atoms with Crippen molar-refractivity contribution in [1.82, 2.24) is 5.32 Å². The average Bonchev–Trinajstić information content (AvgIpc) is 1.56. The lowest BCUT2D eigenvalue weighted by molar-refractivity contribution is -0.277. The number of Topliss-reactive ketones (excluding diaryl/α,β-unsaturated/α-hetero) is 2. The van der Waals surface area contributed by atoms with E-state index < -0.39 is 113 Å². The molecule has 9 unspecified atom stereocenters. The predicted octanol–water partition coefficient (Wildman–Crippen LogP) is 6.87. The molecule has 4 aliphatic carbocycles. The Bertz CT molecular complexity index is 3470. The highest BCUT2D eigenvalue weighted by molar-refractivity contribution is 6.19. The summed E-state index contributed by atoms with van der Waals surface area (Å²) in [6.07, 6.45) is 4.10.